The summed E-state index contributed by atoms with van der Waals surface area (Å²) in [5.41, 5.74) is 7.62. The molecule has 0 spiro atoms. The third kappa shape index (κ3) is 2.76. The van der Waals surface area contributed by atoms with Gasteiger partial charge < -0.3 is 5.73 Å². The second kappa shape index (κ2) is 5.60. The van der Waals surface area contributed by atoms with Crippen LogP contribution in [0.15, 0.2) is 41.7 Å². The van der Waals surface area contributed by atoms with E-state index in [0.29, 0.717) is 17.8 Å². The molecule has 3 rings (SSSR count). The molecule has 0 bridgehead atoms. The van der Waals surface area contributed by atoms with E-state index in [0.717, 1.165) is 5.56 Å². The number of hydrogen-bond acceptors (Lipinski definition) is 6. The van der Waals surface area contributed by atoms with Crippen LogP contribution in [0.4, 0.5) is 5.95 Å². The molecular weight excluding hydrogens is 316 g/mol. The molecule has 3 aromatic rings. The molecule has 0 aliphatic rings. The molecule has 120 valence electrons. The number of fused-ring (bicyclic) bond motifs is 1. The highest BCUT2D eigenvalue weighted by molar-refractivity contribution is 7.89. The van der Waals surface area contributed by atoms with Crippen LogP contribution in [-0.4, -0.2) is 45.9 Å². The molecule has 0 amide bonds. The van der Waals surface area contributed by atoms with Gasteiger partial charge in [-0.2, -0.15) is 4.98 Å². The highest BCUT2D eigenvalue weighted by Crippen LogP contribution is 2.23. The molecule has 0 aliphatic carbocycles. The van der Waals surface area contributed by atoms with E-state index in [1.165, 1.54) is 17.5 Å². The lowest BCUT2D eigenvalue weighted by Gasteiger charge is -2.15. The minimum Gasteiger partial charge on any atom is -0.366 e. The SMILES string of the molecule is CCN(C)S(=O)(=O)c1cncc(-c2ccn3nc(N)nc3c2)c1. The van der Waals surface area contributed by atoms with Gasteiger partial charge in [-0.1, -0.05) is 6.92 Å². The van der Waals surface area contributed by atoms with Gasteiger partial charge in [0, 0.05) is 37.7 Å². The Morgan fingerprint density at radius 3 is 2.78 bits per heavy atom. The van der Waals surface area contributed by atoms with Crippen molar-refractivity contribution in [3.05, 3.63) is 36.8 Å². The van der Waals surface area contributed by atoms with Crippen LogP contribution in [0, 0.1) is 0 Å². The number of nitrogens with zero attached hydrogens (tertiary/aromatic N) is 5. The van der Waals surface area contributed by atoms with E-state index >= 15 is 0 Å². The number of nitrogens with two attached hydrogens (primary N) is 1. The molecule has 0 atom stereocenters. The van der Waals surface area contributed by atoms with Crippen LogP contribution in [0.2, 0.25) is 0 Å². The van der Waals surface area contributed by atoms with E-state index in [1.807, 2.05) is 0 Å². The molecule has 23 heavy (non-hydrogen) atoms. The van der Waals surface area contributed by atoms with Gasteiger partial charge in [-0.05, 0) is 23.8 Å². The summed E-state index contributed by atoms with van der Waals surface area (Å²) in [5.74, 6) is 0.182. The number of sulfonamides is 1. The third-order valence-corrected chi connectivity index (χ3v) is 5.45. The van der Waals surface area contributed by atoms with E-state index in [2.05, 4.69) is 15.1 Å². The van der Waals surface area contributed by atoms with Crippen molar-refractivity contribution in [2.45, 2.75) is 11.8 Å². The van der Waals surface area contributed by atoms with E-state index in [1.54, 1.807) is 42.0 Å². The molecule has 0 radical (unpaired) electrons. The van der Waals surface area contributed by atoms with Crippen LogP contribution >= 0.6 is 0 Å². The molecule has 3 heterocycles. The first-order valence-electron chi connectivity index (χ1n) is 6.95. The molecule has 9 heteroatoms. The Balaban J connectivity index is 2.07. The van der Waals surface area contributed by atoms with Crippen molar-refractivity contribution in [2.24, 2.45) is 0 Å². The lowest BCUT2D eigenvalue weighted by atomic mass is 10.1. The van der Waals surface area contributed by atoms with Gasteiger partial charge >= 0.3 is 0 Å². The number of rotatable bonds is 4. The minimum atomic E-state index is -3.54. The molecule has 2 N–H and O–H groups in total. The molecule has 0 aliphatic heterocycles. The highest BCUT2D eigenvalue weighted by Gasteiger charge is 2.20. The Morgan fingerprint density at radius 1 is 1.26 bits per heavy atom. The van der Waals surface area contributed by atoms with Crippen molar-refractivity contribution in [1.82, 2.24) is 23.9 Å². The van der Waals surface area contributed by atoms with Crippen LogP contribution in [0.5, 0.6) is 0 Å². The van der Waals surface area contributed by atoms with Crippen LogP contribution in [0.25, 0.3) is 16.8 Å². The Hall–Kier alpha value is -2.52. The number of hydrogen-bond donors (Lipinski definition) is 1. The Bertz CT molecular complexity index is 966. The zero-order valence-electron chi connectivity index (χ0n) is 12.7. The van der Waals surface area contributed by atoms with E-state index < -0.39 is 10.0 Å². The van der Waals surface area contributed by atoms with Crippen molar-refractivity contribution in [3.8, 4) is 11.1 Å². The summed E-state index contributed by atoms with van der Waals surface area (Å²) < 4.78 is 27.6. The summed E-state index contributed by atoms with van der Waals surface area (Å²) in [6.45, 7) is 2.16. The number of pyridine rings is 2. The van der Waals surface area contributed by atoms with Gasteiger partial charge in [-0.3, -0.25) is 4.98 Å². The van der Waals surface area contributed by atoms with Gasteiger partial charge in [-0.25, -0.2) is 17.2 Å². The summed E-state index contributed by atoms with van der Waals surface area (Å²) in [5, 5.41) is 4.00. The fourth-order valence-corrected chi connectivity index (χ4v) is 3.32. The summed E-state index contributed by atoms with van der Waals surface area (Å²) in [4.78, 5) is 8.30. The van der Waals surface area contributed by atoms with Crippen molar-refractivity contribution >= 4 is 21.6 Å². The summed E-state index contributed by atoms with van der Waals surface area (Å²) in [6, 6.07) is 5.18. The van der Waals surface area contributed by atoms with Crippen LogP contribution < -0.4 is 5.73 Å². The first-order valence-corrected chi connectivity index (χ1v) is 8.39. The van der Waals surface area contributed by atoms with Crippen molar-refractivity contribution in [2.75, 3.05) is 19.3 Å². The molecular formula is C14H16N6O2S. The predicted molar refractivity (Wildman–Crippen MR) is 86.1 cm³/mol. The Kier molecular flexibility index (Phi) is 3.74. The van der Waals surface area contributed by atoms with Crippen molar-refractivity contribution < 1.29 is 8.42 Å². The smallest absolute Gasteiger partial charge is 0.244 e. The van der Waals surface area contributed by atoms with Gasteiger partial charge in [0.25, 0.3) is 0 Å². The largest absolute Gasteiger partial charge is 0.366 e. The average molecular weight is 332 g/mol. The number of aromatic nitrogens is 4. The maximum Gasteiger partial charge on any atom is 0.244 e. The maximum atomic E-state index is 12.4. The second-order valence-electron chi connectivity index (χ2n) is 5.02. The topological polar surface area (TPSA) is 106 Å². The zero-order valence-corrected chi connectivity index (χ0v) is 13.5. The standard InChI is InChI=1S/C14H16N6O2S/c1-3-19(2)23(21,22)12-6-11(8-16-9-12)10-4-5-20-13(7-10)17-14(15)18-20/h4-9H,3H2,1-2H3,(H2,15,18). The number of anilines is 1. The van der Waals surface area contributed by atoms with E-state index in [4.69, 9.17) is 5.73 Å². The molecule has 0 saturated heterocycles. The van der Waals surface area contributed by atoms with Gasteiger partial charge in [-0.15, -0.1) is 5.10 Å². The van der Waals surface area contributed by atoms with Crippen molar-refractivity contribution in [1.29, 1.82) is 0 Å². The average Bonchev–Trinajstić information content (AvgIpc) is 2.93. The zero-order chi connectivity index (χ0) is 16.6. The second-order valence-corrected chi connectivity index (χ2v) is 7.06. The molecule has 0 fully saturated rings. The van der Waals surface area contributed by atoms with Crippen molar-refractivity contribution in [3.63, 3.8) is 0 Å². The monoisotopic (exact) mass is 332 g/mol. The van der Waals surface area contributed by atoms with E-state index in [-0.39, 0.29) is 10.8 Å². The van der Waals surface area contributed by atoms with Gasteiger partial charge in [0.2, 0.25) is 16.0 Å². The van der Waals surface area contributed by atoms with Gasteiger partial charge in [0.15, 0.2) is 5.65 Å². The summed E-state index contributed by atoms with van der Waals surface area (Å²) in [7, 11) is -2.01. The molecule has 0 saturated carbocycles. The van der Waals surface area contributed by atoms with Crippen LogP contribution in [0.1, 0.15) is 6.92 Å². The fraction of sp³-hybridized carbons (Fsp3) is 0.214. The minimum absolute atomic E-state index is 0.153. The van der Waals surface area contributed by atoms with E-state index in [9.17, 15) is 8.42 Å². The lowest BCUT2D eigenvalue weighted by Crippen LogP contribution is -2.26. The van der Waals surface area contributed by atoms with Gasteiger partial charge in [0.1, 0.15) is 4.90 Å². The first kappa shape index (κ1) is 15.4. The summed E-state index contributed by atoms with van der Waals surface area (Å²) in [6.07, 6.45) is 4.67. The Morgan fingerprint density at radius 2 is 2.04 bits per heavy atom. The lowest BCUT2D eigenvalue weighted by molar-refractivity contribution is 0.486. The Labute approximate surface area is 133 Å². The third-order valence-electron chi connectivity index (χ3n) is 3.55. The highest BCUT2D eigenvalue weighted by atomic mass is 32.2. The molecule has 8 nitrogen and oxygen atoms in total. The predicted octanol–water partition coefficient (Wildman–Crippen LogP) is 1.01. The summed E-state index contributed by atoms with van der Waals surface area (Å²) >= 11 is 0. The fourth-order valence-electron chi connectivity index (χ4n) is 2.15. The number of nitrogen functional groups attached to an aromatic ring is 1. The molecule has 0 aromatic carbocycles. The van der Waals surface area contributed by atoms with Gasteiger partial charge in [0.05, 0.1) is 0 Å². The van der Waals surface area contributed by atoms with Crippen LogP contribution in [-0.2, 0) is 10.0 Å². The molecule has 0 unspecified atom stereocenters. The normalized spacial score (nSPS) is 12.1. The quantitative estimate of drug-likeness (QED) is 0.764. The van der Waals surface area contributed by atoms with Crippen LogP contribution in [0.3, 0.4) is 0 Å². The molecule has 3 aromatic heterocycles. The first-order chi connectivity index (χ1) is 10.9. The maximum absolute atomic E-state index is 12.4.